The Labute approximate surface area is 195 Å². The summed E-state index contributed by atoms with van der Waals surface area (Å²) in [5.74, 6) is -7.97. The van der Waals surface area contributed by atoms with Gasteiger partial charge in [-0.3, -0.25) is 9.69 Å². The average Bonchev–Trinajstić information content (AvgIpc) is 2.84. The molecule has 0 unspecified atom stereocenters. The van der Waals surface area contributed by atoms with Crippen molar-refractivity contribution in [1.29, 1.82) is 0 Å². The fraction of sp³-hybridized carbons (Fsp3) is 0.320. The van der Waals surface area contributed by atoms with Crippen LogP contribution < -0.4 is 4.90 Å². The minimum absolute atomic E-state index is 0.180. The van der Waals surface area contributed by atoms with Crippen molar-refractivity contribution in [3.8, 4) is 11.3 Å². The molecule has 1 amide bonds. The van der Waals surface area contributed by atoms with Gasteiger partial charge in [0.15, 0.2) is 29.1 Å². The number of anilines is 1. The third-order valence-corrected chi connectivity index (χ3v) is 4.94. The van der Waals surface area contributed by atoms with Crippen LogP contribution in [0.25, 0.3) is 11.3 Å². The van der Waals surface area contributed by atoms with Crippen molar-refractivity contribution >= 4 is 11.7 Å². The highest BCUT2D eigenvalue weighted by molar-refractivity contribution is 5.94. The molecule has 9 heteroatoms. The molecule has 0 bridgehead atoms. The minimum atomic E-state index is -1.97. The van der Waals surface area contributed by atoms with Crippen LogP contribution in [0.1, 0.15) is 44.0 Å². The number of likely N-dealkylation sites (N-methyl/N-ethyl adjacent to an activating group) is 1. The summed E-state index contributed by atoms with van der Waals surface area (Å²) in [4.78, 5) is 22.5. The van der Waals surface area contributed by atoms with Gasteiger partial charge in [-0.1, -0.05) is 27.2 Å². The Balaban J connectivity index is 0.00000129. The van der Waals surface area contributed by atoms with E-state index in [0.717, 1.165) is 11.8 Å². The van der Waals surface area contributed by atoms with Crippen LogP contribution in [0.3, 0.4) is 0 Å². The summed E-state index contributed by atoms with van der Waals surface area (Å²) in [7, 11) is 1.37. The maximum absolute atomic E-state index is 14.1. The normalized spacial score (nSPS) is 10.5. The molecule has 4 nitrogen and oxygen atoms in total. The van der Waals surface area contributed by atoms with Gasteiger partial charge in [-0.05, 0) is 43.2 Å². The maximum atomic E-state index is 14.1. The Hall–Kier alpha value is -3.36. The fourth-order valence-corrected chi connectivity index (χ4v) is 3.08. The fourth-order valence-electron chi connectivity index (χ4n) is 3.08. The largest absolute Gasteiger partial charge is 0.298 e. The highest BCUT2D eigenvalue weighted by Crippen LogP contribution is 2.26. The molecule has 0 aliphatic heterocycles. The zero-order valence-corrected chi connectivity index (χ0v) is 19.6. The number of nitrogens with zero attached hydrogens (tertiary/aromatic N) is 3. The lowest BCUT2D eigenvalue weighted by molar-refractivity contribution is -0.117. The zero-order chi connectivity index (χ0) is 25.6. The highest BCUT2D eigenvalue weighted by atomic mass is 19.2. The first-order valence-corrected chi connectivity index (χ1v) is 10.8. The van der Waals surface area contributed by atoms with Crippen LogP contribution in [-0.2, 0) is 17.6 Å². The molecule has 0 saturated carbocycles. The van der Waals surface area contributed by atoms with Crippen LogP contribution >= 0.6 is 0 Å². The third kappa shape index (κ3) is 5.76. The van der Waals surface area contributed by atoms with E-state index < -0.39 is 52.5 Å². The predicted molar refractivity (Wildman–Crippen MR) is 121 cm³/mol. The van der Waals surface area contributed by atoms with Gasteiger partial charge in [-0.15, -0.1) is 0 Å². The number of amides is 1. The molecule has 1 heterocycles. The van der Waals surface area contributed by atoms with Gasteiger partial charge in [-0.2, -0.15) is 0 Å². The lowest BCUT2D eigenvalue weighted by atomic mass is 10.0. The Bertz CT molecular complexity index is 1140. The summed E-state index contributed by atoms with van der Waals surface area (Å²) in [5.41, 5.74) is 0.477. The summed E-state index contributed by atoms with van der Waals surface area (Å²) >= 11 is 0. The van der Waals surface area contributed by atoms with E-state index in [1.165, 1.54) is 43.9 Å². The second-order valence-corrected chi connectivity index (χ2v) is 7.58. The number of hydrogen-bond acceptors (Lipinski definition) is 3. The minimum Gasteiger partial charge on any atom is -0.298 e. The number of rotatable bonds is 5. The van der Waals surface area contributed by atoms with Gasteiger partial charge in [0.2, 0.25) is 5.91 Å². The smallest absolute Gasteiger partial charge is 0.232 e. The summed E-state index contributed by atoms with van der Waals surface area (Å²) in [5, 5.41) is 0. The molecule has 0 atom stereocenters. The van der Waals surface area contributed by atoms with Crippen molar-refractivity contribution in [3.63, 3.8) is 0 Å². The summed E-state index contributed by atoms with van der Waals surface area (Å²) in [6.07, 6.45) is 2.34. The van der Waals surface area contributed by atoms with Gasteiger partial charge >= 0.3 is 0 Å². The van der Waals surface area contributed by atoms with E-state index in [1.807, 2.05) is 0 Å². The zero-order valence-electron chi connectivity index (χ0n) is 19.6. The molecule has 0 fully saturated rings. The molecular weight excluding hydrogens is 453 g/mol. The summed E-state index contributed by atoms with van der Waals surface area (Å²) < 4.78 is 68.0. The highest BCUT2D eigenvalue weighted by Gasteiger charge is 2.26. The van der Waals surface area contributed by atoms with Crippen LogP contribution in [0.4, 0.5) is 27.8 Å². The van der Waals surface area contributed by atoms with Crippen LogP contribution in [0.5, 0.6) is 0 Å². The van der Waals surface area contributed by atoms with Gasteiger partial charge in [0, 0.05) is 18.2 Å². The number of halogens is 5. The van der Waals surface area contributed by atoms with Gasteiger partial charge in [0.1, 0.15) is 5.82 Å². The number of benzene rings is 2. The molecule has 0 radical (unpaired) electrons. The number of aromatic nitrogens is 2. The molecule has 0 saturated heterocycles. The molecule has 0 N–H and O–H groups in total. The Morgan fingerprint density at radius 3 is 2.03 bits per heavy atom. The monoisotopic (exact) mass is 479 g/mol. The first-order valence-electron chi connectivity index (χ1n) is 10.8. The van der Waals surface area contributed by atoms with Gasteiger partial charge in [0.25, 0.3) is 0 Å². The van der Waals surface area contributed by atoms with Gasteiger partial charge in [-0.25, -0.2) is 31.9 Å². The van der Waals surface area contributed by atoms with Crippen LogP contribution in [0.2, 0.25) is 0 Å². The quantitative estimate of drug-likeness (QED) is 0.244. The van der Waals surface area contributed by atoms with E-state index in [9.17, 15) is 26.7 Å². The van der Waals surface area contributed by atoms with Crippen molar-refractivity contribution in [2.75, 3.05) is 11.9 Å². The van der Waals surface area contributed by atoms with E-state index in [2.05, 4.69) is 23.8 Å². The molecule has 182 valence electrons. The molecule has 34 heavy (non-hydrogen) atoms. The van der Waals surface area contributed by atoms with Gasteiger partial charge in [0.05, 0.1) is 24.0 Å². The number of carbonyl (C=O) groups excluding carboxylic acids is 1. The Kier molecular flexibility index (Phi) is 9.23. The topological polar surface area (TPSA) is 46.1 Å². The standard InChI is InChI=1S/C22H18F5N3O.C3H8/c1-4-15-22(28-10-16(29-15)12-5-7-13(23)8-6-12)30(3)17(31)9-14-11(2)18(24)20(26)21(27)19(14)25;1-3-2/h5-8,10H,4,9H2,1-3H3;3H2,1-2H3. The molecule has 2 aromatic carbocycles. The number of aryl methyl sites for hydroxylation is 1. The Morgan fingerprint density at radius 1 is 0.912 bits per heavy atom. The lowest BCUT2D eigenvalue weighted by Crippen LogP contribution is -2.31. The molecule has 0 spiro atoms. The predicted octanol–water partition coefficient (Wildman–Crippen LogP) is 6.33. The van der Waals surface area contributed by atoms with Crippen molar-refractivity contribution in [3.05, 3.63) is 76.4 Å². The summed E-state index contributed by atoms with van der Waals surface area (Å²) in [6, 6.07) is 5.64. The first-order chi connectivity index (χ1) is 16.1. The van der Waals surface area contributed by atoms with E-state index in [0.29, 0.717) is 23.4 Å². The molecule has 3 aromatic rings. The second kappa shape index (κ2) is 11.7. The van der Waals surface area contributed by atoms with Crippen LogP contribution in [-0.4, -0.2) is 22.9 Å². The van der Waals surface area contributed by atoms with E-state index >= 15 is 0 Å². The van der Waals surface area contributed by atoms with Crippen molar-refractivity contribution in [1.82, 2.24) is 9.97 Å². The van der Waals surface area contributed by atoms with E-state index in [-0.39, 0.29) is 5.82 Å². The molecule has 1 aromatic heterocycles. The number of hydrogen-bond donors (Lipinski definition) is 0. The second-order valence-electron chi connectivity index (χ2n) is 7.58. The lowest BCUT2D eigenvalue weighted by Gasteiger charge is -2.20. The van der Waals surface area contributed by atoms with Crippen LogP contribution in [0.15, 0.2) is 30.5 Å². The third-order valence-electron chi connectivity index (χ3n) is 4.94. The SMILES string of the molecule is CCC.CCc1nc(-c2ccc(F)cc2)cnc1N(C)C(=O)Cc1c(C)c(F)c(F)c(F)c1F. The number of carbonyl (C=O) groups is 1. The van der Waals surface area contributed by atoms with E-state index in [4.69, 9.17) is 0 Å². The summed E-state index contributed by atoms with van der Waals surface area (Å²) in [6.45, 7) is 7.10. The van der Waals surface area contributed by atoms with Crippen molar-refractivity contribution in [2.45, 2.75) is 47.0 Å². The average molecular weight is 479 g/mol. The first kappa shape index (κ1) is 26.9. The van der Waals surface area contributed by atoms with Crippen molar-refractivity contribution < 1.29 is 26.7 Å². The maximum Gasteiger partial charge on any atom is 0.232 e. The Morgan fingerprint density at radius 2 is 1.47 bits per heavy atom. The van der Waals surface area contributed by atoms with Crippen molar-refractivity contribution in [2.24, 2.45) is 0 Å². The van der Waals surface area contributed by atoms with Gasteiger partial charge < -0.3 is 0 Å². The van der Waals surface area contributed by atoms with E-state index in [1.54, 1.807) is 6.92 Å². The molecule has 0 aliphatic carbocycles. The molecule has 3 rings (SSSR count). The molecule has 0 aliphatic rings. The van der Waals surface area contributed by atoms with Crippen LogP contribution in [0, 0.1) is 36.0 Å². The molecular formula is C25H26F5N3O.